The van der Waals surface area contributed by atoms with E-state index in [1.165, 1.54) is 48.9 Å². The number of aryl methyl sites for hydroxylation is 2. The largest absolute Gasteiger partial charge is 0.0654 e. The van der Waals surface area contributed by atoms with Gasteiger partial charge in [-0.1, -0.05) is 74.1 Å². The summed E-state index contributed by atoms with van der Waals surface area (Å²) >= 11 is 2.53. The molecule has 0 saturated heterocycles. The average molecular weight is 502 g/mol. The molecule has 150 valence electrons. The molecule has 3 aromatic carbocycles. The van der Waals surface area contributed by atoms with Crippen molar-refractivity contribution in [3.63, 3.8) is 0 Å². The van der Waals surface area contributed by atoms with Crippen LogP contribution in [0.2, 0.25) is 0 Å². The fourth-order valence-electron chi connectivity index (χ4n) is 4.15. The van der Waals surface area contributed by atoms with Crippen LogP contribution >= 0.6 is 22.6 Å². The summed E-state index contributed by atoms with van der Waals surface area (Å²) in [4.78, 5) is 0. The Hall–Kier alpha value is -2.31. The van der Waals surface area contributed by atoms with Gasteiger partial charge < -0.3 is 0 Å². The van der Waals surface area contributed by atoms with Crippen molar-refractivity contribution in [1.82, 2.24) is 0 Å². The predicted octanol–water partition coefficient (Wildman–Crippen LogP) is 7.97. The Kier molecular flexibility index (Phi) is 6.44. The van der Waals surface area contributed by atoms with E-state index >= 15 is 0 Å². The summed E-state index contributed by atoms with van der Waals surface area (Å²) in [7, 11) is 0. The van der Waals surface area contributed by atoms with Crippen molar-refractivity contribution in [1.29, 1.82) is 0 Å². The quantitative estimate of drug-likeness (QED) is 0.251. The zero-order chi connectivity index (χ0) is 21.1. The summed E-state index contributed by atoms with van der Waals surface area (Å²) < 4.78 is 1.37. The number of fused-ring (bicyclic) bond motifs is 1. The monoisotopic (exact) mass is 502 g/mol. The van der Waals surface area contributed by atoms with Crippen molar-refractivity contribution in [2.75, 3.05) is 0 Å². The Morgan fingerprint density at radius 1 is 0.900 bits per heavy atom. The molecule has 0 saturated carbocycles. The van der Waals surface area contributed by atoms with Gasteiger partial charge >= 0.3 is 0 Å². The van der Waals surface area contributed by atoms with E-state index in [0.29, 0.717) is 0 Å². The van der Waals surface area contributed by atoms with E-state index in [1.54, 1.807) is 0 Å². The lowest BCUT2D eigenvalue weighted by Crippen LogP contribution is -1.95. The Morgan fingerprint density at radius 3 is 2.13 bits per heavy atom. The first-order valence-electron chi connectivity index (χ1n) is 10.8. The molecule has 0 unspecified atom stereocenters. The molecule has 4 rings (SSSR count). The summed E-state index contributed by atoms with van der Waals surface area (Å²) in [6.07, 6.45) is 6.94. The minimum atomic E-state index is 1.05. The van der Waals surface area contributed by atoms with Gasteiger partial charge in [0.1, 0.15) is 0 Å². The third-order valence-corrected chi connectivity index (χ3v) is 6.94. The van der Waals surface area contributed by atoms with Crippen LogP contribution in [0.4, 0.5) is 0 Å². The Morgan fingerprint density at radius 2 is 1.53 bits per heavy atom. The van der Waals surface area contributed by atoms with Crippen LogP contribution in [0.3, 0.4) is 0 Å². The lowest BCUT2D eigenvalue weighted by Gasteiger charge is -2.13. The summed E-state index contributed by atoms with van der Waals surface area (Å²) in [6.45, 7) is 6.69. The zero-order valence-electron chi connectivity index (χ0n) is 18.0. The minimum absolute atomic E-state index is 1.05. The second-order valence-electron chi connectivity index (χ2n) is 8.06. The summed E-state index contributed by atoms with van der Waals surface area (Å²) in [5, 5.41) is 0. The standard InChI is InChI=1S/C29H27I/c1-4-6-22-7-9-23(10-8-22)11-12-24-13-15-25(16-14-24)28-20(3)17-26-18-21(5-2)19-27(26)29(28)30/h7-10,13-17,19H,4-6,18H2,1-3H3. The van der Waals surface area contributed by atoms with E-state index in [-0.39, 0.29) is 0 Å². The normalized spacial score (nSPS) is 12.2. The van der Waals surface area contributed by atoms with Crippen LogP contribution in [0, 0.1) is 22.3 Å². The molecule has 0 radical (unpaired) electrons. The first-order valence-corrected chi connectivity index (χ1v) is 11.9. The van der Waals surface area contributed by atoms with Crippen LogP contribution in [-0.2, 0) is 12.8 Å². The van der Waals surface area contributed by atoms with Crippen molar-refractivity contribution in [3.8, 4) is 23.0 Å². The Labute approximate surface area is 194 Å². The van der Waals surface area contributed by atoms with Crippen LogP contribution in [-0.4, -0.2) is 0 Å². The molecule has 1 heteroatoms. The van der Waals surface area contributed by atoms with E-state index < -0.39 is 0 Å². The molecule has 0 bridgehead atoms. The first-order chi connectivity index (χ1) is 14.6. The van der Waals surface area contributed by atoms with Gasteiger partial charge in [-0.05, 0) is 106 Å². The Bertz CT molecular complexity index is 1150. The molecule has 0 nitrogen and oxygen atoms in total. The van der Waals surface area contributed by atoms with Gasteiger partial charge in [0.25, 0.3) is 0 Å². The van der Waals surface area contributed by atoms with Gasteiger partial charge in [-0.3, -0.25) is 0 Å². The van der Waals surface area contributed by atoms with Gasteiger partial charge in [0.2, 0.25) is 0 Å². The fraction of sp³-hybridized carbons (Fsp3) is 0.241. The van der Waals surface area contributed by atoms with Crippen LogP contribution in [0.1, 0.15) is 60.1 Å². The maximum absolute atomic E-state index is 3.31. The van der Waals surface area contributed by atoms with Gasteiger partial charge in [-0.25, -0.2) is 0 Å². The zero-order valence-corrected chi connectivity index (χ0v) is 20.1. The van der Waals surface area contributed by atoms with Gasteiger partial charge in [0, 0.05) is 14.7 Å². The molecular weight excluding hydrogens is 475 g/mol. The lowest BCUT2D eigenvalue weighted by molar-refractivity contribution is 0.922. The van der Waals surface area contributed by atoms with Crippen molar-refractivity contribution in [2.45, 2.75) is 46.5 Å². The van der Waals surface area contributed by atoms with Gasteiger partial charge in [-0.15, -0.1) is 0 Å². The summed E-state index contributed by atoms with van der Waals surface area (Å²) in [5.74, 6) is 6.61. The van der Waals surface area contributed by atoms with Crippen LogP contribution < -0.4 is 0 Å². The molecular formula is C29H27I. The van der Waals surface area contributed by atoms with Crippen LogP contribution in [0.25, 0.3) is 17.2 Å². The third kappa shape index (κ3) is 4.40. The van der Waals surface area contributed by atoms with E-state index in [9.17, 15) is 0 Å². The summed E-state index contributed by atoms with van der Waals surface area (Å²) in [5.41, 5.74) is 11.9. The molecule has 0 spiro atoms. The van der Waals surface area contributed by atoms with E-state index in [4.69, 9.17) is 0 Å². The number of rotatable bonds is 4. The van der Waals surface area contributed by atoms with Crippen LogP contribution in [0.5, 0.6) is 0 Å². The van der Waals surface area contributed by atoms with Crippen LogP contribution in [0.15, 0.2) is 60.2 Å². The number of allylic oxidation sites excluding steroid dienone is 1. The van der Waals surface area contributed by atoms with E-state index in [0.717, 1.165) is 30.4 Å². The number of hydrogen-bond acceptors (Lipinski definition) is 0. The van der Waals surface area contributed by atoms with Crippen molar-refractivity contribution >= 4 is 28.7 Å². The maximum Gasteiger partial charge on any atom is 0.0286 e. The highest BCUT2D eigenvalue weighted by molar-refractivity contribution is 14.1. The predicted molar refractivity (Wildman–Crippen MR) is 138 cm³/mol. The second-order valence-corrected chi connectivity index (χ2v) is 9.14. The van der Waals surface area contributed by atoms with Crippen molar-refractivity contribution < 1.29 is 0 Å². The molecule has 1 aliphatic rings. The third-order valence-electron chi connectivity index (χ3n) is 5.82. The number of benzene rings is 3. The lowest BCUT2D eigenvalue weighted by atomic mass is 9.95. The van der Waals surface area contributed by atoms with Gasteiger partial charge in [0.15, 0.2) is 0 Å². The number of hydrogen-bond donors (Lipinski definition) is 0. The molecule has 30 heavy (non-hydrogen) atoms. The van der Waals surface area contributed by atoms with Gasteiger partial charge in [0.05, 0.1) is 0 Å². The molecule has 0 heterocycles. The molecule has 0 atom stereocenters. The highest BCUT2D eigenvalue weighted by atomic mass is 127. The second kappa shape index (κ2) is 9.23. The highest BCUT2D eigenvalue weighted by Gasteiger charge is 2.19. The van der Waals surface area contributed by atoms with Gasteiger partial charge in [-0.2, -0.15) is 0 Å². The maximum atomic E-state index is 3.31. The molecule has 3 aromatic rings. The molecule has 0 amide bonds. The first kappa shape index (κ1) is 20.9. The number of halogens is 1. The molecule has 0 aromatic heterocycles. The Balaban J connectivity index is 1.59. The van der Waals surface area contributed by atoms with Crippen molar-refractivity contribution in [3.05, 3.63) is 97.1 Å². The smallest absolute Gasteiger partial charge is 0.0286 e. The molecule has 0 N–H and O–H groups in total. The highest BCUT2D eigenvalue weighted by Crippen LogP contribution is 2.38. The fourth-order valence-corrected chi connectivity index (χ4v) is 5.39. The topological polar surface area (TPSA) is 0 Å². The molecule has 0 aliphatic heterocycles. The molecule has 0 fully saturated rings. The minimum Gasteiger partial charge on any atom is -0.0654 e. The van der Waals surface area contributed by atoms with Crippen molar-refractivity contribution in [2.24, 2.45) is 0 Å². The van der Waals surface area contributed by atoms with E-state index in [2.05, 4.69) is 116 Å². The SMILES string of the molecule is CCCc1ccc(C#Cc2ccc(-c3c(C)cc4c(c3I)C=C(CC)C4)cc2)cc1. The average Bonchev–Trinajstić information content (AvgIpc) is 3.18. The molecule has 1 aliphatic carbocycles. The van der Waals surface area contributed by atoms with E-state index in [1.807, 2.05) is 0 Å². The summed E-state index contributed by atoms with van der Waals surface area (Å²) in [6, 6.07) is 19.7.